The van der Waals surface area contributed by atoms with E-state index in [4.69, 9.17) is 0 Å². The van der Waals surface area contributed by atoms with Crippen LogP contribution in [0.15, 0.2) is 11.6 Å². The van der Waals surface area contributed by atoms with Gasteiger partial charge in [0, 0.05) is 12.3 Å². The predicted molar refractivity (Wildman–Crippen MR) is 95.4 cm³/mol. The zero-order chi connectivity index (χ0) is 17.3. The smallest absolute Gasteiger partial charge is 0.155 e. The van der Waals surface area contributed by atoms with E-state index in [0.717, 1.165) is 31.1 Å². The summed E-state index contributed by atoms with van der Waals surface area (Å²) in [5.41, 5.74) is 1.90. The fourth-order valence-electron chi connectivity index (χ4n) is 7.79. The molecule has 24 heavy (non-hydrogen) atoms. The summed E-state index contributed by atoms with van der Waals surface area (Å²) < 4.78 is 0. The fourth-order valence-corrected chi connectivity index (χ4v) is 7.79. The molecule has 0 radical (unpaired) electrons. The van der Waals surface area contributed by atoms with E-state index in [0.29, 0.717) is 23.4 Å². The number of Topliss-reactive ketones (excluding diaryl/α,β-unsaturated/α-hetero) is 1. The van der Waals surface area contributed by atoms with Gasteiger partial charge in [-0.25, -0.2) is 0 Å². The zero-order valence-corrected chi connectivity index (χ0v) is 15.7. The Balaban J connectivity index is 1.69. The highest BCUT2D eigenvalue weighted by molar-refractivity contribution is 5.91. The van der Waals surface area contributed by atoms with E-state index >= 15 is 0 Å². The molecular formula is C22H32O2. The Bertz CT molecular complexity index is 617. The number of carbonyl (C=O) groups is 2. The lowest BCUT2D eigenvalue weighted by molar-refractivity contribution is -0.129. The van der Waals surface area contributed by atoms with Gasteiger partial charge >= 0.3 is 0 Å². The van der Waals surface area contributed by atoms with E-state index < -0.39 is 0 Å². The number of rotatable bonds is 1. The minimum atomic E-state index is 0.217. The number of ketones is 2. The third-order valence-electron chi connectivity index (χ3n) is 8.74. The number of hydrogen-bond acceptors (Lipinski definition) is 2. The molecule has 3 fully saturated rings. The van der Waals surface area contributed by atoms with Gasteiger partial charge in [0.05, 0.1) is 0 Å². The lowest BCUT2D eigenvalue weighted by Crippen LogP contribution is -2.51. The molecule has 132 valence electrons. The maximum atomic E-state index is 12.4. The summed E-state index contributed by atoms with van der Waals surface area (Å²) in [7, 11) is 0. The highest BCUT2D eigenvalue weighted by Gasteiger charge is 2.61. The van der Waals surface area contributed by atoms with Crippen molar-refractivity contribution in [1.82, 2.24) is 0 Å². The first-order valence-corrected chi connectivity index (χ1v) is 10.0. The second-order valence-corrected chi connectivity index (χ2v) is 9.81. The lowest BCUT2D eigenvalue weighted by Gasteiger charge is -2.58. The number of carbonyl (C=O) groups excluding carboxylic acids is 2. The van der Waals surface area contributed by atoms with Crippen molar-refractivity contribution in [2.45, 2.75) is 72.6 Å². The predicted octanol–water partition coefficient (Wildman–Crippen LogP) is 4.97. The van der Waals surface area contributed by atoms with Crippen LogP contribution in [0, 0.1) is 40.4 Å². The normalized spacial score (nSPS) is 50.6. The van der Waals surface area contributed by atoms with Crippen molar-refractivity contribution in [3.63, 3.8) is 0 Å². The van der Waals surface area contributed by atoms with Crippen LogP contribution in [-0.4, -0.2) is 11.6 Å². The summed E-state index contributed by atoms with van der Waals surface area (Å²) in [5.74, 6) is 3.74. The van der Waals surface area contributed by atoms with Crippen LogP contribution in [0.3, 0.4) is 0 Å². The second-order valence-electron chi connectivity index (χ2n) is 9.81. The minimum Gasteiger partial charge on any atom is -0.300 e. The first-order chi connectivity index (χ1) is 11.3. The molecule has 2 nitrogen and oxygen atoms in total. The van der Waals surface area contributed by atoms with Crippen LogP contribution in [0.1, 0.15) is 72.6 Å². The van der Waals surface area contributed by atoms with Crippen molar-refractivity contribution in [3.8, 4) is 0 Å². The Kier molecular flexibility index (Phi) is 3.64. The third-order valence-corrected chi connectivity index (χ3v) is 8.74. The molecular weight excluding hydrogens is 296 g/mol. The summed E-state index contributed by atoms with van der Waals surface area (Å²) >= 11 is 0. The number of allylic oxidation sites excluding steroid dienone is 1. The highest BCUT2D eigenvalue weighted by atomic mass is 16.1. The molecule has 4 aliphatic rings. The molecule has 0 unspecified atom stereocenters. The minimum absolute atomic E-state index is 0.217. The molecule has 0 saturated heterocycles. The SMILES string of the molecule is CC(=O)[C@@H]1[C@H](C)C[C@@H]2[C@H]3CCC4=CC(=O)CC[C@]4(C)[C@@H]3CC[C@@]21C. The van der Waals surface area contributed by atoms with E-state index in [1.165, 1.54) is 31.3 Å². The molecule has 4 aliphatic carbocycles. The van der Waals surface area contributed by atoms with Gasteiger partial charge in [-0.05, 0) is 86.0 Å². The van der Waals surface area contributed by atoms with Crippen LogP contribution < -0.4 is 0 Å². The van der Waals surface area contributed by atoms with Crippen LogP contribution in [0.2, 0.25) is 0 Å². The van der Waals surface area contributed by atoms with Crippen molar-refractivity contribution in [3.05, 3.63) is 11.6 Å². The fraction of sp³-hybridized carbons (Fsp3) is 0.818. The van der Waals surface area contributed by atoms with Crippen LogP contribution in [-0.2, 0) is 9.59 Å². The van der Waals surface area contributed by atoms with E-state index in [9.17, 15) is 9.59 Å². The van der Waals surface area contributed by atoms with Gasteiger partial charge in [-0.1, -0.05) is 26.3 Å². The van der Waals surface area contributed by atoms with Crippen LogP contribution >= 0.6 is 0 Å². The molecule has 3 saturated carbocycles. The molecule has 0 heterocycles. The average molecular weight is 328 g/mol. The van der Waals surface area contributed by atoms with Crippen LogP contribution in [0.4, 0.5) is 0 Å². The monoisotopic (exact) mass is 328 g/mol. The molecule has 2 heteroatoms. The van der Waals surface area contributed by atoms with Gasteiger partial charge in [-0.3, -0.25) is 9.59 Å². The van der Waals surface area contributed by atoms with Gasteiger partial charge in [-0.2, -0.15) is 0 Å². The highest BCUT2D eigenvalue weighted by Crippen LogP contribution is 2.67. The molecule has 7 atom stereocenters. The molecule has 0 aromatic heterocycles. The van der Waals surface area contributed by atoms with Crippen molar-refractivity contribution in [2.24, 2.45) is 40.4 Å². The van der Waals surface area contributed by atoms with Gasteiger partial charge in [0.15, 0.2) is 5.78 Å². The molecule has 0 bridgehead atoms. The van der Waals surface area contributed by atoms with E-state index in [1.54, 1.807) is 0 Å². The summed E-state index contributed by atoms with van der Waals surface area (Å²) in [4.78, 5) is 24.3. The molecule has 0 spiro atoms. The Hall–Kier alpha value is -0.920. The summed E-state index contributed by atoms with van der Waals surface area (Å²) in [6, 6.07) is 0. The third kappa shape index (κ3) is 2.07. The van der Waals surface area contributed by atoms with Crippen LogP contribution in [0.25, 0.3) is 0 Å². The number of hydrogen-bond donors (Lipinski definition) is 0. The second kappa shape index (κ2) is 5.29. The van der Waals surface area contributed by atoms with Gasteiger partial charge in [0.1, 0.15) is 5.78 Å². The summed E-state index contributed by atoms with van der Waals surface area (Å²) in [6.07, 6.45) is 9.79. The molecule has 0 aliphatic heterocycles. The Morgan fingerprint density at radius 1 is 1.12 bits per heavy atom. The van der Waals surface area contributed by atoms with Gasteiger partial charge < -0.3 is 0 Å². The molecule has 4 rings (SSSR count). The number of fused-ring (bicyclic) bond motifs is 5. The average Bonchev–Trinajstić information content (AvgIpc) is 2.78. The quantitative estimate of drug-likeness (QED) is 0.681. The Labute approximate surface area is 146 Å². The first-order valence-electron chi connectivity index (χ1n) is 10.0. The largest absolute Gasteiger partial charge is 0.300 e. The Morgan fingerprint density at radius 2 is 1.88 bits per heavy atom. The van der Waals surface area contributed by atoms with Gasteiger partial charge in [-0.15, -0.1) is 0 Å². The van der Waals surface area contributed by atoms with E-state index in [-0.39, 0.29) is 16.7 Å². The molecule has 0 aromatic carbocycles. The van der Waals surface area contributed by atoms with Gasteiger partial charge in [0.25, 0.3) is 0 Å². The van der Waals surface area contributed by atoms with Gasteiger partial charge in [0.2, 0.25) is 0 Å². The summed E-state index contributed by atoms with van der Waals surface area (Å²) in [6.45, 7) is 8.98. The van der Waals surface area contributed by atoms with Crippen molar-refractivity contribution < 1.29 is 9.59 Å². The maximum absolute atomic E-state index is 12.4. The summed E-state index contributed by atoms with van der Waals surface area (Å²) in [5, 5.41) is 0. The molecule has 0 aromatic rings. The Morgan fingerprint density at radius 3 is 2.58 bits per heavy atom. The topological polar surface area (TPSA) is 34.1 Å². The van der Waals surface area contributed by atoms with Crippen molar-refractivity contribution in [1.29, 1.82) is 0 Å². The zero-order valence-electron chi connectivity index (χ0n) is 15.7. The molecule has 0 amide bonds. The standard InChI is InChI=1S/C22H32O2/c1-13-11-19-17-6-5-15-12-16(24)7-9-21(15,3)18(17)8-10-22(19,4)20(13)14(2)23/h12-13,17-20H,5-11H2,1-4H3/t13-,17+,18-,19-,20+,21+,22+/m1/s1. The van der Waals surface area contributed by atoms with E-state index in [2.05, 4.69) is 20.8 Å². The van der Waals surface area contributed by atoms with E-state index in [1.807, 2.05) is 13.0 Å². The van der Waals surface area contributed by atoms with Crippen molar-refractivity contribution >= 4 is 11.6 Å². The first kappa shape index (κ1) is 16.5. The maximum Gasteiger partial charge on any atom is 0.155 e. The lowest BCUT2D eigenvalue weighted by atomic mass is 9.46. The van der Waals surface area contributed by atoms with Crippen molar-refractivity contribution in [2.75, 3.05) is 0 Å². The molecule has 0 N–H and O–H groups in total. The van der Waals surface area contributed by atoms with Crippen LogP contribution in [0.5, 0.6) is 0 Å².